The van der Waals surface area contributed by atoms with Crippen LogP contribution in [-0.4, -0.2) is 32.4 Å². The topological polar surface area (TPSA) is 80.7 Å². The third-order valence-electron chi connectivity index (χ3n) is 4.10. The van der Waals surface area contributed by atoms with Gasteiger partial charge in [0, 0.05) is 0 Å². The van der Waals surface area contributed by atoms with Crippen LogP contribution in [0.1, 0.15) is 63.9 Å². The van der Waals surface area contributed by atoms with Crippen LogP contribution in [0, 0.1) is 0 Å². The minimum Gasteiger partial charge on any atom is -0.496 e. The van der Waals surface area contributed by atoms with Crippen molar-refractivity contribution in [2.75, 3.05) is 12.9 Å². The van der Waals surface area contributed by atoms with Gasteiger partial charge in [0.2, 0.25) is 0 Å². The van der Waals surface area contributed by atoms with Crippen LogP contribution in [0.2, 0.25) is 0 Å². The van der Waals surface area contributed by atoms with Gasteiger partial charge in [-0.05, 0) is 36.5 Å². The number of benzene rings is 1. The number of ether oxygens (including phenoxy) is 1. The molecule has 1 aromatic rings. The Hall–Kier alpha value is -1.56. The fourth-order valence-corrected chi connectivity index (χ4v) is 4.17. The molecule has 0 aromatic heterocycles. The highest BCUT2D eigenvalue weighted by molar-refractivity contribution is 7.91. The Balaban J connectivity index is 3.17. The van der Waals surface area contributed by atoms with Crippen LogP contribution in [0.25, 0.3) is 0 Å². The van der Waals surface area contributed by atoms with Gasteiger partial charge in [0.25, 0.3) is 0 Å². The Labute approximate surface area is 145 Å². The molecule has 0 bridgehead atoms. The summed E-state index contributed by atoms with van der Waals surface area (Å²) in [6, 6.07) is 4.81. The number of methoxy groups -OCH3 is 1. The highest BCUT2D eigenvalue weighted by atomic mass is 32.2. The summed E-state index contributed by atoms with van der Waals surface area (Å²) in [6.45, 7) is 4.00. The molecule has 0 fully saturated rings. The van der Waals surface area contributed by atoms with Gasteiger partial charge in [-0.25, -0.2) is 8.42 Å². The summed E-state index contributed by atoms with van der Waals surface area (Å²) >= 11 is 0. The molecule has 0 spiro atoms. The quantitative estimate of drug-likeness (QED) is 0.648. The summed E-state index contributed by atoms with van der Waals surface area (Å²) in [5, 5.41) is 9.15. The number of rotatable bonds is 11. The Morgan fingerprint density at radius 2 is 1.88 bits per heavy atom. The first kappa shape index (κ1) is 20.5. The molecule has 5 nitrogen and oxygen atoms in total. The molecule has 24 heavy (non-hydrogen) atoms. The number of sulfone groups is 1. The number of hydrogen-bond donors (Lipinski definition) is 1. The van der Waals surface area contributed by atoms with Gasteiger partial charge in [0.1, 0.15) is 5.75 Å². The lowest BCUT2D eigenvalue weighted by Gasteiger charge is -2.19. The van der Waals surface area contributed by atoms with E-state index in [4.69, 9.17) is 9.84 Å². The summed E-state index contributed by atoms with van der Waals surface area (Å²) in [4.78, 5) is 11.4. The molecule has 0 aliphatic carbocycles. The van der Waals surface area contributed by atoms with Crippen LogP contribution in [0.5, 0.6) is 5.75 Å². The van der Waals surface area contributed by atoms with Crippen molar-refractivity contribution in [3.8, 4) is 5.75 Å². The van der Waals surface area contributed by atoms with Gasteiger partial charge in [0.15, 0.2) is 9.84 Å². The molecule has 0 aliphatic rings. The van der Waals surface area contributed by atoms with Crippen LogP contribution in [-0.2, 0) is 14.6 Å². The molecule has 1 atom stereocenters. The van der Waals surface area contributed by atoms with Crippen LogP contribution < -0.4 is 4.74 Å². The lowest BCUT2D eigenvalue weighted by Crippen LogP contribution is -2.10. The molecule has 0 saturated carbocycles. The van der Waals surface area contributed by atoms with Gasteiger partial charge in [-0.3, -0.25) is 4.79 Å². The summed E-state index contributed by atoms with van der Waals surface area (Å²) in [7, 11) is -1.85. The van der Waals surface area contributed by atoms with E-state index in [9.17, 15) is 13.2 Å². The number of unbranched alkanes of at least 4 members (excludes halogenated alkanes) is 2. The first-order chi connectivity index (χ1) is 11.4. The molecule has 136 valence electrons. The number of aliphatic carboxylic acids is 1. The van der Waals surface area contributed by atoms with Crippen molar-refractivity contribution in [1.29, 1.82) is 0 Å². The van der Waals surface area contributed by atoms with Gasteiger partial charge in [-0.2, -0.15) is 0 Å². The van der Waals surface area contributed by atoms with E-state index in [-0.39, 0.29) is 23.0 Å². The molecule has 1 unspecified atom stereocenters. The van der Waals surface area contributed by atoms with Crippen molar-refractivity contribution in [1.82, 2.24) is 0 Å². The summed E-state index contributed by atoms with van der Waals surface area (Å²) in [6.07, 6.45) is 4.07. The predicted molar refractivity (Wildman–Crippen MR) is 94.5 cm³/mol. The van der Waals surface area contributed by atoms with E-state index in [1.54, 1.807) is 12.1 Å². The largest absolute Gasteiger partial charge is 0.496 e. The van der Waals surface area contributed by atoms with Crippen molar-refractivity contribution < 1.29 is 23.1 Å². The zero-order chi connectivity index (χ0) is 18.2. The maximum atomic E-state index is 12.3. The minimum atomic E-state index is -3.33. The van der Waals surface area contributed by atoms with E-state index < -0.39 is 15.8 Å². The second-order valence-electron chi connectivity index (χ2n) is 6.01. The van der Waals surface area contributed by atoms with Crippen LogP contribution >= 0.6 is 0 Å². The maximum Gasteiger partial charge on any atom is 0.303 e. The molecular formula is C18H28O5S. The average molecular weight is 356 g/mol. The Bertz CT molecular complexity index is 637. The normalized spacial score (nSPS) is 12.8. The average Bonchev–Trinajstić information content (AvgIpc) is 2.55. The van der Waals surface area contributed by atoms with Crippen molar-refractivity contribution in [3.63, 3.8) is 0 Å². The summed E-state index contributed by atoms with van der Waals surface area (Å²) < 4.78 is 30.1. The van der Waals surface area contributed by atoms with Crippen molar-refractivity contribution >= 4 is 15.8 Å². The Morgan fingerprint density at radius 3 is 2.42 bits per heavy atom. The lowest BCUT2D eigenvalue weighted by atomic mass is 9.90. The van der Waals surface area contributed by atoms with E-state index in [2.05, 4.69) is 6.92 Å². The third kappa shape index (κ3) is 5.82. The number of hydrogen-bond acceptors (Lipinski definition) is 4. The van der Waals surface area contributed by atoms with E-state index in [1.165, 1.54) is 13.2 Å². The first-order valence-electron chi connectivity index (χ1n) is 8.48. The molecule has 0 radical (unpaired) electrons. The smallest absolute Gasteiger partial charge is 0.303 e. The SMILES string of the molecule is CCCCC(CC(=O)O)c1ccc(S(=O)(=O)CCCC)cc1OC. The highest BCUT2D eigenvalue weighted by Crippen LogP contribution is 2.34. The van der Waals surface area contributed by atoms with Crippen molar-refractivity contribution in [2.24, 2.45) is 0 Å². The van der Waals surface area contributed by atoms with E-state index in [1.807, 2.05) is 6.92 Å². The Morgan fingerprint density at radius 1 is 1.21 bits per heavy atom. The fourth-order valence-electron chi connectivity index (χ4n) is 2.70. The molecular weight excluding hydrogens is 328 g/mol. The third-order valence-corrected chi connectivity index (χ3v) is 5.90. The van der Waals surface area contributed by atoms with Crippen molar-refractivity contribution in [2.45, 2.75) is 63.2 Å². The van der Waals surface area contributed by atoms with E-state index >= 15 is 0 Å². The second-order valence-corrected chi connectivity index (χ2v) is 8.12. The van der Waals surface area contributed by atoms with Gasteiger partial charge in [0.05, 0.1) is 24.2 Å². The van der Waals surface area contributed by atoms with Crippen LogP contribution in [0.3, 0.4) is 0 Å². The summed E-state index contributed by atoms with van der Waals surface area (Å²) in [5.74, 6) is -0.474. The number of carboxylic acid groups (broad SMARTS) is 1. The molecule has 6 heteroatoms. The number of carbonyl (C=O) groups is 1. The molecule has 0 aliphatic heterocycles. The predicted octanol–water partition coefficient (Wildman–Crippen LogP) is 4.02. The molecule has 1 N–H and O–H groups in total. The van der Waals surface area contributed by atoms with Gasteiger partial charge in [-0.1, -0.05) is 39.2 Å². The summed E-state index contributed by atoms with van der Waals surface area (Å²) in [5.41, 5.74) is 0.766. The minimum absolute atomic E-state index is 0.0122. The van der Waals surface area contributed by atoms with Crippen LogP contribution in [0.4, 0.5) is 0 Å². The molecule has 1 rings (SSSR count). The first-order valence-corrected chi connectivity index (χ1v) is 10.1. The zero-order valence-electron chi connectivity index (χ0n) is 14.7. The maximum absolute atomic E-state index is 12.3. The van der Waals surface area contributed by atoms with E-state index in [0.717, 1.165) is 31.2 Å². The molecule has 1 aromatic carbocycles. The molecule has 0 amide bonds. The standard InChI is InChI=1S/C18H28O5S/c1-4-6-8-14(12-18(19)20)16-10-9-15(13-17(16)23-3)24(21,22)11-7-5-2/h9-10,13-14H,4-8,11-12H2,1-3H3,(H,19,20). The highest BCUT2D eigenvalue weighted by Gasteiger charge is 2.22. The van der Waals surface area contributed by atoms with Crippen LogP contribution in [0.15, 0.2) is 23.1 Å². The van der Waals surface area contributed by atoms with E-state index in [0.29, 0.717) is 12.2 Å². The monoisotopic (exact) mass is 356 g/mol. The number of carboxylic acids is 1. The second kappa shape index (κ2) is 9.67. The fraction of sp³-hybridized carbons (Fsp3) is 0.611. The van der Waals surface area contributed by atoms with Gasteiger partial charge >= 0.3 is 5.97 Å². The van der Waals surface area contributed by atoms with Crippen molar-refractivity contribution in [3.05, 3.63) is 23.8 Å². The van der Waals surface area contributed by atoms with Gasteiger partial charge in [-0.15, -0.1) is 0 Å². The molecule has 0 heterocycles. The van der Waals surface area contributed by atoms with Gasteiger partial charge < -0.3 is 9.84 Å². The zero-order valence-corrected chi connectivity index (χ0v) is 15.6. The molecule has 0 saturated heterocycles. The lowest BCUT2D eigenvalue weighted by molar-refractivity contribution is -0.137. The Kier molecular flexibility index (Phi) is 8.25.